The van der Waals surface area contributed by atoms with Gasteiger partial charge in [-0.25, -0.2) is 0 Å². The molecule has 0 spiro atoms. The molecule has 3 aromatic rings. The van der Waals surface area contributed by atoms with E-state index in [0.717, 1.165) is 28.0 Å². The molecule has 0 saturated heterocycles. The van der Waals surface area contributed by atoms with Crippen molar-refractivity contribution in [3.63, 3.8) is 0 Å². The average Bonchev–Trinajstić information content (AvgIpc) is 3.28. The van der Waals surface area contributed by atoms with E-state index in [1.54, 1.807) is 29.4 Å². The van der Waals surface area contributed by atoms with Crippen LogP contribution in [-0.4, -0.2) is 20.0 Å². The molecule has 0 fully saturated rings. The van der Waals surface area contributed by atoms with Gasteiger partial charge in [-0.2, -0.15) is 5.26 Å². The summed E-state index contributed by atoms with van der Waals surface area (Å²) in [6, 6.07) is 10.1. The second-order valence-electron chi connectivity index (χ2n) is 5.07. The summed E-state index contributed by atoms with van der Waals surface area (Å²) in [5.74, 6) is 1.72. The minimum absolute atomic E-state index is 0.311. The summed E-state index contributed by atoms with van der Waals surface area (Å²) in [6.07, 6.45) is 3.06. The van der Waals surface area contributed by atoms with E-state index < -0.39 is 0 Å². The molecule has 3 heterocycles. The fourth-order valence-electron chi connectivity index (χ4n) is 2.17. The standard InChI is InChI=1S/C16H16N4OS2/c1-12(5-2-8-17)23-16-19-18-15(14-7-4-10-22-14)20(16)11-13-6-3-9-21-13/h3-4,6-7,9-10,12H,2,5,11H2,1H3/t12-/m1/s1. The van der Waals surface area contributed by atoms with Gasteiger partial charge in [-0.05, 0) is 30.0 Å². The zero-order chi connectivity index (χ0) is 16.1. The molecule has 1 atom stereocenters. The maximum absolute atomic E-state index is 8.73. The predicted molar refractivity (Wildman–Crippen MR) is 91.3 cm³/mol. The summed E-state index contributed by atoms with van der Waals surface area (Å²) < 4.78 is 7.56. The largest absolute Gasteiger partial charge is 0.467 e. The van der Waals surface area contributed by atoms with Crippen LogP contribution in [0.3, 0.4) is 0 Å². The van der Waals surface area contributed by atoms with Gasteiger partial charge in [-0.1, -0.05) is 24.8 Å². The van der Waals surface area contributed by atoms with Gasteiger partial charge in [0.25, 0.3) is 0 Å². The Morgan fingerprint density at radius 2 is 2.30 bits per heavy atom. The number of aromatic nitrogens is 3. The van der Waals surface area contributed by atoms with E-state index in [9.17, 15) is 0 Å². The summed E-state index contributed by atoms with van der Waals surface area (Å²) >= 11 is 3.29. The van der Waals surface area contributed by atoms with E-state index in [0.29, 0.717) is 18.2 Å². The Bertz CT molecular complexity index is 772. The van der Waals surface area contributed by atoms with Crippen LogP contribution in [0.4, 0.5) is 0 Å². The summed E-state index contributed by atoms with van der Waals surface area (Å²) in [7, 11) is 0. The van der Waals surface area contributed by atoms with Gasteiger partial charge >= 0.3 is 0 Å². The van der Waals surface area contributed by atoms with Gasteiger partial charge in [0, 0.05) is 11.7 Å². The fraction of sp³-hybridized carbons (Fsp3) is 0.312. The Morgan fingerprint density at radius 1 is 1.39 bits per heavy atom. The number of nitrogens with zero attached hydrogens (tertiary/aromatic N) is 4. The maximum Gasteiger partial charge on any atom is 0.192 e. The smallest absolute Gasteiger partial charge is 0.192 e. The second kappa shape index (κ2) is 7.49. The van der Waals surface area contributed by atoms with Crippen LogP contribution in [-0.2, 0) is 6.54 Å². The van der Waals surface area contributed by atoms with E-state index >= 15 is 0 Å². The monoisotopic (exact) mass is 344 g/mol. The van der Waals surface area contributed by atoms with Gasteiger partial charge in [-0.3, -0.25) is 4.57 Å². The Hall–Kier alpha value is -2.04. The van der Waals surface area contributed by atoms with Crippen molar-refractivity contribution in [1.29, 1.82) is 5.26 Å². The summed E-state index contributed by atoms with van der Waals surface area (Å²) in [4.78, 5) is 1.08. The number of rotatable bonds is 7. The number of nitriles is 1. The molecule has 5 nitrogen and oxygen atoms in total. The molecule has 0 saturated carbocycles. The van der Waals surface area contributed by atoms with E-state index in [2.05, 4.69) is 27.8 Å². The minimum atomic E-state index is 0.311. The van der Waals surface area contributed by atoms with Crippen molar-refractivity contribution >= 4 is 23.1 Å². The van der Waals surface area contributed by atoms with Crippen molar-refractivity contribution < 1.29 is 4.42 Å². The van der Waals surface area contributed by atoms with Crippen LogP contribution in [0.5, 0.6) is 0 Å². The first-order valence-corrected chi connectivity index (χ1v) is 9.07. The molecule has 0 unspecified atom stereocenters. The van der Waals surface area contributed by atoms with Crippen LogP contribution < -0.4 is 0 Å². The van der Waals surface area contributed by atoms with Crippen LogP contribution in [0, 0.1) is 11.3 Å². The number of furan rings is 1. The minimum Gasteiger partial charge on any atom is -0.467 e. The number of thiophene rings is 1. The van der Waals surface area contributed by atoms with Crippen molar-refractivity contribution in [1.82, 2.24) is 14.8 Å². The molecule has 3 aromatic heterocycles. The topological polar surface area (TPSA) is 67.6 Å². The van der Waals surface area contributed by atoms with Crippen LogP contribution in [0.25, 0.3) is 10.7 Å². The molecule has 0 radical (unpaired) electrons. The van der Waals surface area contributed by atoms with Crippen LogP contribution >= 0.6 is 23.1 Å². The van der Waals surface area contributed by atoms with Crippen molar-refractivity contribution in [2.75, 3.05) is 0 Å². The van der Waals surface area contributed by atoms with E-state index in [-0.39, 0.29) is 0 Å². The Morgan fingerprint density at radius 3 is 3.00 bits per heavy atom. The van der Waals surface area contributed by atoms with Gasteiger partial charge in [0.15, 0.2) is 11.0 Å². The van der Waals surface area contributed by atoms with Crippen molar-refractivity contribution in [3.05, 3.63) is 41.7 Å². The molecule has 0 amide bonds. The molecular weight excluding hydrogens is 328 g/mol. The number of hydrogen-bond donors (Lipinski definition) is 0. The highest BCUT2D eigenvalue weighted by Crippen LogP contribution is 2.31. The molecule has 0 N–H and O–H groups in total. The SMILES string of the molecule is C[C@H](CCC#N)Sc1nnc(-c2cccs2)n1Cc1ccco1. The van der Waals surface area contributed by atoms with Gasteiger partial charge in [0.1, 0.15) is 5.76 Å². The Kier molecular flexibility index (Phi) is 5.16. The lowest BCUT2D eigenvalue weighted by Crippen LogP contribution is -2.05. The third-order valence-electron chi connectivity index (χ3n) is 3.32. The molecule has 0 bridgehead atoms. The zero-order valence-electron chi connectivity index (χ0n) is 12.7. The predicted octanol–water partition coefficient (Wildman–Crippen LogP) is 4.43. The second-order valence-corrected chi connectivity index (χ2v) is 7.43. The van der Waals surface area contributed by atoms with Gasteiger partial charge < -0.3 is 4.42 Å². The van der Waals surface area contributed by atoms with Crippen molar-refractivity contribution in [3.8, 4) is 16.8 Å². The zero-order valence-corrected chi connectivity index (χ0v) is 14.3. The molecule has 0 aliphatic rings. The summed E-state index contributed by atoms with van der Waals surface area (Å²) in [5, 5.41) is 20.7. The summed E-state index contributed by atoms with van der Waals surface area (Å²) in [6.45, 7) is 2.71. The molecule has 3 rings (SSSR count). The first-order valence-electron chi connectivity index (χ1n) is 7.31. The molecule has 118 valence electrons. The number of thioether (sulfide) groups is 1. The molecular formula is C16H16N4OS2. The van der Waals surface area contributed by atoms with Crippen molar-refractivity contribution in [2.24, 2.45) is 0 Å². The third-order valence-corrected chi connectivity index (χ3v) is 5.34. The van der Waals surface area contributed by atoms with Crippen LogP contribution in [0.2, 0.25) is 0 Å². The molecule has 7 heteroatoms. The normalized spacial score (nSPS) is 12.2. The van der Waals surface area contributed by atoms with Crippen LogP contribution in [0.1, 0.15) is 25.5 Å². The number of hydrogen-bond acceptors (Lipinski definition) is 6. The average molecular weight is 344 g/mol. The summed E-state index contributed by atoms with van der Waals surface area (Å²) in [5.41, 5.74) is 0. The molecule has 0 aromatic carbocycles. The molecule has 23 heavy (non-hydrogen) atoms. The van der Waals surface area contributed by atoms with E-state index in [1.165, 1.54) is 0 Å². The van der Waals surface area contributed by atoms with Gasteiger partial charge in [-0.15, -0.1) is 21.5 Å². The highest BCUT2D eigenvalue weighted by molar-refractivity contribution is 7.99. The van der Waals surface area contributed by atoms with Gasteiger partial charge in [0.05, 0.1) is 23.8 Å². The lowest BCUT2D eigenvalue weighted by atomic mass is 10.3. The first-order chi connectivity index (χ1) is 11.3. The lowest BCUT2D eigenvalue weighted by molar-refractivity contribution is 0.485. The molecule has 0 aliphatic carbocycles. The third kappa shape index (κ3) is 3.84. The first kappa shape index (κ1) is 15.8. The van der Waals surface area contributed by atoms with E-state index in [1.807, 2.05) is 29.6 Å². The maximum atomic E-state index is 8.73. The molecule has 0 aliphatic heterocycles. The van der Waals surface area contributed by atoms with Crippen molar-refractivity contribution in [2.45, 2.75) is 36.7 Å². The Balaban J connectivity index is 1.88. The lowest BCUT2D eigenvalue weighted by Gasteiger charge is -2.11. The van der Waals surface area contributed by atoms with Gasteiger partial charge in [0.2, 0.25) is 0 Å². The fourth-order valence-corrected chi connectivity index (χ4v) is 3.85. The highest BCUT2D eigenvalue weighted by Gasteiger charge is 2.18. The van der Waals surface area contributed by atoms with E-state index in [4.69, 9.17) is 9.68 Å². The quantitative estimate of drug-likeness (QED) is 0.593. The Labute approximate surface area is 143 Å². The highest BCUT2D eigenvalue weighted by atomic mass is 32.2. The van der Waals surface area contributed by atoms with Crippen LogP contribution in [0.15, 0.2) is 45.5 Å².